The molecule has 0 heterocycles. The van der Waals surface area contributed by atoms with Gasteiger partial charge in [0.25, 0.3) is 0 Å². The van der Waals surface area contributed by atoms with E-state index >= 15 is 0 Å². The first kappa shape index (κ1) is 13.6. The van der Waals surface area contributed by atoms with Gasteiger partial charge in [0.05, 0.1) is 18.1 Å². The lowest BCUT2D eigenvalue weighted by molar-refractivity contribution is 0.264. The molecule has 0 bridgehead atoms. The zero-order chi connectivity index (χ0) is 12.7. The smallest absolute Gasteiger partial charge is 0.119 e. The minimum absolute atomic E-state index is 0.303. The highest BCUT2D eigenvalue weighted by molar-refractivity contribution is 5.27. The Kier molecular flexibility index (Phi) is 5.03. The highest BCUT2D eigenvalue weighted by Gasteiger charge is 2.16. The summed E-state index contributed by atoms with van der Waals surface area (Å²) in [5.41, 5.74) is 1.04. The number of rotatable bonds is 6. The van der Waals surface area contributed by atoms with Gasteiger partial charge in [0, 0.05) is 0 Å². The minimum Gasteiger partial charge on any atom is -0.494 e. The number of hydrogen-bond donors (Lipinski definition) is 0. The predicted octanol–water partition coefficient (Wildman–Crippen LogP) is 3.96. The molecule has 2 nitrogen and oxygen atoms in total. The summed E-state index contributed by atoms with van der Waals surface area (Å²) in [6, 6.07) is 10.5. The largest absolute Gasteiger partial charge is 0.494 e. The number of nitriles is 1. The molecule has 0 amide bonds. The zero-order valence-electron chi connectivity index (χ0n) is 11.0. The average Bonchev–Trinajstić information content (AvgIpc) is 2.32. The molecule has 0 aliphatic heterocycles. The fourth-order valence-corrected chi connectivity index (χ4v) is 1.52. The first-order valence-electron chi connectivity index (χ1n) is 6.20. The van der Waals surface area contributed by atoms with Crippen molar-refractivity contribution < 1.29 is 4.74 Å². The Bertz CT molecular complexity index is 373. The molecule has 0 aliphatic rings. The maximum absolute atomic E-state index is 8.88. The van der Waals surface area contributed by atoms with Crippen LogP contribution in [0, 0.1) is 16.7 Å². The van der Waals surface area contributed by atoms with Crippen LogP contribution in [0.4, 0.5) is 0 Å². The van der Waals surface area contributed by atoms with Crippen molar-refractivity contribution in [1.82, 2.24) is 0 Å². The standard InChI is InChI=1S/C15H21NO/c1-4-5-13-6-8-14(9-7-13)17-11-10-15(2,3)12-16/h6-9H,4-5,10-11H2,1-3H3. The van der Waals surface area contributed by atoms with E-state index in [2.05, 4.69) is 25.1 Å². The van der Waals surface area contributed by atoms with Crippen LogP contribution in [0.15, 0.2) is 24.3 Å². The molecular formula is C15H21NO. The molecule has 0 spiro atoms. The third kappa shape index (κ3) is 4.91. The van der Waals surface area contributed by atoms with E-state index in [9.17, 15) is 0 Å². The summed E-state index contributed by atoms with van der Waals surface area (Å²) in [6.45, 7) is 6.63. The van der Waals surface area contributed by atoms with E-state index in [0.29, 0.717) is 6.61 Å². The lowest BCUT2D eigenvalue weighted by atomic mass is 9.92. The van der Waals surface area contributed by atoms with Crippen LogP contribution in [0.5, 0.6) is 5.75 Å². The Morgan fingerprint density at radius 2 is 1.88 bits per heavy atom. The van der Waals surface area contributed by atoms with Gasteiger partial charge in [0.1, 0.15) is 5.75 Å². The summed E-state index contributed by atoms with van der Waals surface area (Å²) in [7, 11) is 0. The maximum atomic E-state index is 8.88. The first-order chi connectivity index (χ1) is 8.07. The molecule has 0 fully saturated rings. The molecular weight excluding hydrogens is 210 g/mol. The molecule has 2 heteroatoms. The fraction of sp³-hybridized carbons (Fsp3) is 0.533. The van der Waals surface area contributed by atoms with Gasteiger partial charge in [-0.05, 0) is 44.4 Å². The molecule has 0 aromatic heterocycles. The Balaban J connectivity index is 2.40. The van der Waals surface area contributed by atoms with Crippen LogP contribution in [-0.2, 0) is 6.42 Å². The monoisotopic (exact) mass is 231 g/mol. The highest BCUT2D eigenvalue weighted by atomic mass is 16.5. The van der Waals surface area contributed by atoms with E-state index in [4.69, 9.17) is 10.00 Å². The van der Waals surface area contributed by atoms with Gasteiger partial charge in [-0.25, -0.2) is 0 Å². The Hall–Kier alpha value is -1.49. The van der Waals surface area contributed by atoms with Crippen LogP contribution in [0.1, 0.15) is 39.2 Å². The van der Waals surface area contributed by atoms with Gasteiger partial charge in [-0.15, -0.1) is 0 Å². The van der Waals surface area contributed by atoms with Gasteiger partial charge in [0.15, 0.2) is 0 Å². The molecule has 92 valence electrons. The highest BCUT2D eigenvalue weighted by Crippen LogP contribution is 2.20. The van der Waals surface area contributed by atoms with Gasteiger partial charge in [0.2, 0.25) is 0 Å². The summed E-state index contributed by atoms with van der Waals surface area (Å²) in [5, 5.41) is 8.88. The maximum Gasteiger partial charge on any atom is 0.119 e. The number of benzene rings is 1. The number of ether oxygens (including phenoxy) is 1. The summed E-state index contributed by atoms with van der Waals surface area (Å²) in [4.78, 5) is 0. The molecule has 0 atom stereocenters. The Morgan fingerprint density at radius 3 is 2.41 bits per heavy atom. The quantitative estimate of drug-likeness (QED) is 0.742. The van der Waals surface area contributed by atoms with Crippen LogP contribution in [0.25, 0.3) is 0 Å². The van der Waals surface area contributed by atoms with Gasteiger partial charge in [-0.3, -0.25) is 0 Å². The summed E-state index contributed by atoms with van der Waals surface area (Å²) in [6.07, 6.45) is 3.03. The number of aryl methyl sites for hydroxylation is 1. The Morgan fingerprint density at radius 1 is 1.24 bits per heavy atom. The molecule has 0 N–H and O–H groups in total. The number of nitrogens with zero attached hydrogens (tertiary/aromatic N) is 1. The molecule has 17 heavy (non-hydrogen) atoms. The van der Waals surface area contributed by atoms with Gasteiger partial charge < -0.3 is 4.74 Å². The van der Waals surface area contributed by atoms with E-state index in [-0.39, 0.29) is 5.41 Å². The van der Waals surface area contributed by atoms with Crippen LogP contribution in [-0.4, -0.2) is 6.61 Å². The lowest BCUT2D eigenvalue weighted by Crippen LogP contribution is -2.13. The van der Waals surface area contributed by atoms with Crippen LogP contribution >= 0.6 is 0 Å². The molecule has 1 aromatic rings. The van der Waals surface area contributed by atoms with Crippen molar-refractivity contribution >= 4 is 0 Å². The van der Waals surface area contributed by atoms with Crippen LogP contribution in [0.2, 0.25) is 0 Å². The van der Waals surface area contributed by atoms with Gasteiger partial charge in [-0.1, -0.05) is 25.5 Å². The molecule has 1 rings (SSSR count). The van der Waals surface area contributed by atoms with Crippen molar-refractivity contribution in [2.75, 3.05) is 6.61 Å². The van der Waals surface area contributed by atoms with Crippen LogP contribution < -0.4 is 4.74 Å². The van der Waals surface area contributed by atoms with E-state index in [1.165, 1.54) is 5.56 Å². The first-order valence-corrected chi connectivity index (χ1v) is 6.20. The van der Waals surface area contributed by atoms with Crippen LogP contribution in [0.3, 0.4) is 0 Å². The van der Waals surface area contributed by atoms with Crippen molar-refractivity contribution in [3.8, 4) is 11.8 Å². The van der Waals surface area contributed by atoms with Gasteiger partial charge >= 0.3 is 0 Å². The lowest BCUT2D eigenvalue weighted by Gasteiger charge is -2.15. The second-order valence-corrected chi connectivity index (χ2v) is 4.99. The average molecular weight is 231 g/mol. The second-order valence-electron chi connectivity index (χ2n) is 4.99. The third-order valence-corrected chi connectivity index (χ3v) is 2.76. The minimum atomic E-state index is -0.303. The summed E-state index contributed by atoms with van der Waals surface area (Å²) >= 11 is 0. The van der Waals surface area contributed by atoms with E-state index < -0.39 is 0 Å². The fourth-order valence-electron chi connectivity index (χ4n) is 1.52. The van der Waals surface area contributed by atoms with E-state index in [1.807, 2.05) is 26.0 Å². The molecule has 0 unspecified atom stereocenters. The normalized spacial score (nSPS) is 10.9. The van der Waals surface area contributed by atoms with Crippen molar-refractivity contribution in [2.45, 2.75) is 40.0 Å². The molecule has 1 aromatic carbocycles. The Labute approximate surface area is 104 Å². The van der Waals surface area contributed by atoms with Crippen molar-refractivity contribution in [2.24, 2.45) is 5.41 Å². The van der Waals surface area contributed by atoms with Crippen molar-refractivity contribution in [3.63, 3.8) is 0 Å². The predicted molar refractivity (Wildman–Crippen MR) is 69.9 cm³/mol. The van der Waals surface area contributed by atoms with Crippen molar-refractivity contribution in [1.29, 1.82) is 5.26 Å². The SMILES string of the molecule is CCCc1ccc(OCCC(C)(C)C#N)cc1. The zero-order valence-corrected chi connectivity index (χ0v) is 11.0. The number of hydrogen-bond acceptors (Lipinski definition) is 2. The third-order valence-electron chi connectivity index (χ3n) is 2.76. The molecule has 0 saturated carbocycles. The molecule has 0 saturated heterocycles. The van der Waals surface area contributed by atoms with Crippen molar-refractivity contribution in [3.05, 3.63) is 29.8 Å². The summed E-state index contributed by atoms with van der Waals surface area (Å²) < 4.78 is 5.63. The molecule has 0 radical (unpaired) electrons. The van der Waals surface area contributed by atoms with Gasteiger partial charge in [-0.2, -0.15) is 5.26 Å². The summed E-state index contributed by atoms with van der Waals surface area (Å²) in [5.74, 6) is 0.888. The van der Waals surface area contributed by atoms with E-state index in [1.54, 1.807) is 0 Å². The topological polar surface area (TPSA) is 33.0 Å². The molecule has 0 aliphatic carbocycles. The van der Waals surface area contributed by atoms with E-state index in [0.717, 1.165) is 25.0 Å². The second kappa shape index (κ2) is 6.30.